The lowest BCUT2D eigenvalue weighted by atomic mass is 9.90. The van der Waals surface area contributed by atoms with Gasteiger partial charge in [-0.3, -0.25) is 14.8 Å². The minimum absolute atomic E-state index is 0.0218. The Kier molecular flexibility index (Phi) is 5.21. The maximum Gasteiger partial charge on any atom is 0.251 e. The minimum Gasteiger partial charge on any atom is -0.373 e. The van der Waals surface area contributed by atoms with E-state index in [9.17, 15) is 9.18 Å². The summed E-state index contributed by atoms with van der Waals surface area (Å²) >= 11 is 0. The van der Waals surface area contributed by atoms with Crippen LogP contribution in [0.25, 0.3) is 22.4 Å². The molecule has 4 aromatic rings. The van der Waals surface area contributed by atoms with Crippen molar-refractivity contribution in [2.24, 2.45) is 0 Å². The number of nitrogens with one attached hydrogen (secondary N) is 1. The number of hydrogen-bond donors (Lipinski definition) is 1. The normalized spacial score (nSPS) is 19.4. The fourth-order valence-corrected chi connectivity index (χ4v) is 4.26. The SMILES string of the molecule is C[C@@]1(F)COCc2ccc(C(=O)NCc3cc4nc(-c5ccnc(C6CC6)n5)cnc4cn3)cc21. The first-order chi connectivity index (χ1) is 17.0. The first kappa shape index (κ1) is 21.7. The number of halogens is 1. The Bertz CT molecular complexity index is 1450. The number of amides is 1. The molecule has 176 valence electrons. The fourth-order valence-electron chi connectivity index (χ4n) is 4.26. The second-order valence-electron chi connectivity index (χ2n) is 9.24. The van der Waals surface area contributed by atoms with Crippen molar-refractivity contribution in [1.29, 1.82) is 0 Å². The monoisotopic (exact) mass is 470 g/mol. The molecule has 6 rings (SSSR count). The number of carbonyl (C=O) groups is 1. The lowest BCUT2D eigenvalue weighted by molar-refractivity contribution is -0.00467. The van der Waals surface area contributed by atoms with Gasteiger partial charge in [-0.2, -0.15) is 0 Å². The van der Waals surface area contributed by atoms with Gasteiger partial charge in [0.15, 0.2) is 5.67 Å². The third-order valence-electron chi connectivity index (χ3n) is 6.36. The van der Waals surface area contributed by atoms with E-state index < -0.39 is 5.67 Å². The predicted molar refractivity (Wildman–Crippen MR) is 126 cm³/mol. The number of fused-ring (bicyclic) bond motifs is 2. The van der Waals surface area contributed by atoms with Crippen LogP contribution in [0.3, 0.4) is 0 Å². The van der Waals surface area contributed by atoms with E-state index in [2.05, 4.69) is 25.3 Å². The molecule has 1 N–H and O–H groups in total. The van der Waals surface area contributed by atoms with Gasteiger partial charge in [-0.05, 0) is 55.2 Å². The number of pyridine rings is 1. The van der Waals surface area contributed by atoms with E-state index in [1.807, 2.05) is 6.07 Å². The van der Waals surface area contributed by atoms with Crippen molar-refractivity contribution in [3.8, 4) is 11.4 Å². The van der Waals surface area contributed by atoms with Gasteiger partial charge in [-0.1, -0.05) is 6.07 Å². The zero-order chi connectivity index (χ0) is 24.0. The highest BCUT2D eigenvalue weighted by atomic mass is 19.1. The molecule has 0 saturated heterocycles. The molecule has 35 heavy (non-hydrogen) atoms. The second kappa shape index (κ2) is 8.42. The molecule has 4 heterocycles. The van der Waals surface area contributed by atoms with Gasteiger partial charge in [0.25, 0.3) is 5.91 Å². The molecule has 1 aromatic carbocycles. The molecule has 0 unspecified atom stereocenters. The van der Waals surface area contributed by atoms with Crippen LogP contribution in [0.15, 0.2) is 48.9 Å². The minimum atomic E-state index is -1.62. The summed E-state index contributed by atoms with van der Waals surface area (Å²) in [6.07, 6.45) is 7.33. The van der Waals surface area contributed by atoms with Crippen molar-refractivity contribution >= 4 is 16.9 Å². The molecule has 9 heteroatoms. The van der Waals surface area contributed by atoms with Crippen LogP contribution in [-0.4, -0.2) is 37.4 Å². The Balaban J connectivity index is 1.20. The Morgan fingerprint density at radius 2 is 1.97 bits per heavy atom. The smallest absolute Gasteiger partial charge is 0.251 e. The van der Waals surface area contributed by atoms with Gasteiger partial charge in [0.2, 0.25) is 0 Å². The van der Waals surface area contributed by atoms with E-state index in [0.717, 1.165) is 29.9 Å². The number of benzene rings is 1. The number of aromatic nitrogens is 5. The Labute approximate surface area is 201 Å². The van der Waals surface area contributed by atoms with Crippen LogP contribution in [0.2, 0.25) is 0 Å². The first-order valence-corrected chi connectivity index (χ1v) is 11.6. The Morgan fingerprint density at radius 1 is 1.09 bits per heavy atom. The van der Waals surface area contributed by atoms with Gasteiger partial charge in [-0.15, -0.1) is 0 Å². The molecule has 8 nitrogen and oxygen atoms in total. The average Bonchev–Trinajstić information content (AvgIpc) is 3.72. The third-order valence-corrected chi connectivity index (χ3v) is 6.36. The largest absolute Gasteiger partial charge is 0.373 e. The van der Waals surface area contributed by atoms with Gasteiger partial charge >= 0.3 is 0 Å². The topological polar surface area (TPSA) is 103 Å². The summed E-state index contributed by atoms with van der Waals surface area (Å²) in [6.45, 7) is 1.99. The van der Waals surface area contributed by atoms with Crippen molar-refractivity contribution in [3.05, 3.63) is 77.1 Å². The van der Waals surface area contributed by atoms with E-state index in [4.69, 9.17) is 9.72 Å². The number of hydrogen-bond acceptors (Lipinski definition) is 7. The summed E-state index contributed by atoms with van der Waals surface area (Å²) < 4.78 is 20.1. The molecule has 1 atom stereocenters. The summed E-state index contributed by atoms with van der Waals surface area (Å²) in [7, 11) is 0. The van der Waals surface area contributed by atoms with E-state index in [1.165, 1.54) is 6.92 Å². The van der Waals surface area contributed by atoms with Crippen molar-refractivity contribution < 1.29 is 13.9 Å². The summed E-state index contributed by atoms with van der Waals surface area (Å²) in [4.78, 5) is 35.4. The lowest BCUT2D eigenvalue weighted by Gasteiger charge is -2.29. The number of nitrogens with zero attached hydrogens (tertiary/aromatic N) is 5. The summed E-state index contributed by atoms with van der Waals surface area (Å²) in [6, 6.07) is 8.67. The maximum absolute atomic E-state index is 14.8. The van der Waals surface area contributed by atoms with Crippen molar-refractivity contribution in [1.82, 2.24) is 30.2 Å². The van der Waals surface area contributed by atoms with Crippen LogP contribution < -0.4 is 5.32 Å². The molecule has 1 aliphatic heterocycles. The predicted octanol–water partition coefficient (Wildman–Crippen LogP) is 4.00. The highest BCUT2D eigenvalue weighted by Crippen LogP contribution is 2.38. The lowest BCUT2D eigenvalue weighted by Crippen LogP contribution is -2.30. The van der Waals surface area contributed by atoms with Crippen LogP contribution in [-0.2, 0) is 23.6 Å². The highest BCUT2D eigenvalue weighted by Gasteiger charge is 2.33. The zero-order valence-electron chi connectivity index (χ0n) is 19.2. The average molecular weight is 471 g/mol. The van der Waals surface area contributed by atoms with E-state index in [0.29, 0.717) is 46.1 Å². The summed E-state index contributed by atoms with van der Waals surface area (Å²) in [5, 5.41) is 2.86. The molecular formula is C26H23FN6O2. The number of rotatable bonds is 5. The van der Waals surface area contributed by atoms with E-state index >= 15 is 0 Å². The van der Waals surface area contributed by atoms with Gasteiger partial charge < -0.3 is 10.1 Å². The Morgan fingerprint density at radius 3 is 2.83 bits per heavy atom. The van der Waals surface area contributed by atoms with Crippen LogP contribution in [0, 0.1) is 0 Å². The molecule has 0 bridgehead atoms. The van der Waals surface area contributed by atoms with Gasteiger partial charge in [0.1, 0.15) is 17.0 Å². The van der Waals surface area contributed by atoms with Crippen molar-refractivity contribution in [2.75, 3.05) is 6.61 Å². The molecule has 1 aliphatic carbocycles. The summed E-state index contributed by atoms with van der Waals surface area (Å²) in [5.41, 5.74) is 3.39. The zero-order valence-corrected chi connectivity index (χ0v) is 19.2. The molecule has 0 spiro atoms. The van der Waals surface area contributed by atoms with Crippen LogP contribution in [0.5, 0.6) is 0 Å². The molecule has 3 aromatic heterocycles. The van der Waals surface area contributed by atoms with Crippen LogP contribution >= 0.6 is 0 Å². The van der Waals surface area contributed by atoms with Gasteiger partial charge in [0.05, 0.1) is 49.1 Å². The number of alkyl halides is 1. The third kappa shape index (κ3) is 4.35. The van der Waals surface area contributed by atoms with Gasteiger partial charge in [0, 0.05) is 17.7 Å². The molecule has 2 aliphatic rings. The molecule has 1 saturated carbocycles. The first-order valence-electron chi connectivity index (χ1n) is 11.6. The molecule has 1 fully saturated rings. The second-order valence-corrected chi connectivity index (χ2v) is 9.24. The van der Waals surface area contributed by atoms with Gasteiger partial charge in [-0.25, -0.2) is 19.3 Å². The number of carbonyl (C=O) groups excluding carboxylic acids is 1. The highest BCUT2D eigenvalue weighted by molar-refractivity contribution is 5.94. The maximum atomic E-state index is 14.8. The van der Waals surface area contributed by atoms with Crippen LogP contribution in [0.4, 0.5) is 4.39 Å². The standard InChI is InChI=1S/C26H23FN6O2/c1-26(27)14-35-13-17-5-4-16(8-19(17)26)25(34)31-10-18-9-21-22(11-29-18)30-12-23(32-21)20-6-7-28-24(33-20)15-2-3-15/h4-9,11-12,15H,2-3,10,13-14H2,1H3,(H,31,34)/t26-/m1/s1. The van der Waals surface area contributed by atoms with Crippen molar-refractivity contribution in [2.45, 2.75) is 44.5 Å². The van der Waals surface area contributed by atoms with E-state index in [-0.39, 0.29) is 19.1 Å². The molecule has 0 radical (unpaired) electrons. The molecular weight excluding hydrogens is 447 g/mol. The number of ether oxygens (including phenoxy) is 1. The quantitative estimate of drug-likeness (QED) is 0.470. The van der Waals surface area contributed by atoms with Crippen LogP contribution in [0.1, 0.15) is 58.7 Å². The fraction of sp³-hybridized carbons (Fsp3) is 0.308. The molecule has 1 amide bonds. The van der Waals surface area contributed by atoms with E-state index in [1.54, 1.807) is 42.9 Å². The summed E-state index contributed by atoms with van der Waals surface area (Å²) in [5.74, 6) is 1.00. The van der Waals surface area contributed by atoms with Crippen molar-refractivity contribution in [3.63, 3.8) is 0 Å². The Hall–Kier alpha value is -3.85.